The van der Waals surface area contributed by atoms with Crippen LogP contribution in [-0.2, 0) is 14.2 Å². The second-order valence-corrected chi connectivity index (χ2v) is 3.56. The highest BCUT2D eigenvalue weighted by atomic mass is 16.7. The Morgan fingerprint density at radius 1 is 1.36 bits per heavy atom. The van der Waals surface area contributed by atoms with Crippen LogP contribution in [0.15, 0.2) is 0 Å². The molecule has 0 spiro atoms. The van der Waals surface area contributed by atoms with Gasteiger partial charge in [-0.05, 0) is 12.8 Å². The molecular formula is C9H17NO4. The van der Waals surface area contributed by atoms with E-state index in [-0.39, 0.29) is 6.10 Å². The maximum absolute atomic E-state index is 10.9. The number of ether oxygens (including phenoxy) is 3. The van der Waals surface area contributed by atoms with Crippen LogP contribution in [0.5, 0.6) is 0 Å². The molecule has 14 heavy (non-hydrogen) atoms. The maximum atomic E-state index is 10.9. The number of rotatable bonds is 2. The molecule has 1 aliphatic carbocycles. The molecule has 1 saturated carbocycles. The van der Waals surface area contributed by atoms with Crippen molar-refractivity contribution in [3.05, 3.63) is 0 Å². The molecule has 1 aliphatic rings. The van der Waals surface area contributed by atoms with Gasteiger partial charge in [0.1, 0.15) is 0 Å². The van der Waals surface area contributed by atoms with Gasteiger partial charge < -0.3 is 14.2 Å². The van der Waals surface area contributed by atoms with Gasteiger partial charge in [-0.1, -0.05) is 0 Å². The van der Waals surface area contributed by atoms with Crippen molar-refractivity contribution in [3.63, 3.8) is 0 Å². The second kappa shape index (κ2) is 4.61. The zero-order chi connectivity index (χ0) is 10.6. The monoisotopic (exact) mass is 203 g/mol. The molecular weight excluding hydrogens is 186 g/mol. The Labute approximate surface area is 83.5 Å². The minimum Gasteiger partial charge on any atom is -0.438 e. The maximum Gasteiger partial charge on any atom is 0.509 e. The summed E-state index contributed by atoms with van der Waals surface area (Å²) in [5, 5.41) is 0. The number of carbonyl (C=O) groups is 1. The largest absolute Gasteiger partial charge is 0.509 e. The van der Waals surface area contributed by atoms with Crippen LogP contribution in [0.2, 0.25) is 0 Å². The Kier molecular flexibility index (Phi) is 3.71. The van der Waals surface area contributed by atoms with E-state index in [0.717, 1.165) is 12.8 Å². The Morgan fingerprint density at radius 2 is 1.93 bits per heavy atom. The third-order valence-corrected chi connectivity index (χ3v) is 2.57. The van der Waals surface area contributed by atoms with E-state index in [1.807, 2.05) is 0 Å². The van der Waals surface area contributed by atoms with Gasteiger partial charge in [0, 0.05) is 20.0 Å². The third kappa shape index (κ3) is 2.85. The van der Waals surface area contributed by atoms with E-state index in [9.17, 15) is 4.79 Å². The van der Waals surface area contributed by atoms with Crippen LogP contribution in [0.4, 0.5) is 4.79 Å². The lowest BCUT2D eigenvalue weighted by atomic mass is 9.90. The SMILES string of the molecule is COC(=O)OC1(N)CCC(OC)CC1. The van der Waals surface area contributed by atoms with Crippen LogP contribution >= 0.6 is 0 Å². The van der Waals surface area contributed by atoms with Crippen LogP contribution in [0.25, 0.3) is 0 Å². The van der Waals surface area contributed by atoms with E-state index >= 15 is 0 Å². The van der Waals surface area contributed by atoms with Crippen molar-refractivity contribution in [1.82, 2.24) is 0 Å². The summed E-state index contributed by atoms with van der Waals surface area (Å²) >= 11 is 0. The van der Waals surface area contributed by atoms with Gasteiger partial charge in [-0.15, -0.1) is 0 Å². The van der Waals surface area contributed by atoms with Gasteiger partial charge in [0.25, 0.3) is 0 Å². The van der Waals surface area contributed by atoms with Crippen molar-refractivity contribution < 1.29 is 19.0 Å². The van der Waals surface area contributed by atoms with Crippen LogP contribution in [-0.4, -0.2) is 32.2 Å². The predicted octanol–water partition coefficient (Wildman–Crippen LogP) is 1.01. The second-order valence-electron chi connectivity index (χ2n) is 3.56. The summed E-state index contributed by atoms with van der Waals surface area (Å²) < 4.78 is 14.6. The molecule has 0 aromatic heterocycles. The summed E-state index contributed by atoms with van der Waals surface area (Å²) in [6.07, 6.45) is 2.35. The smallest absolute Gasteiger partial charge is 0.438 e. The summed E-state index contributed by atoms with van der Waals surface area (Å²) in [5.41, 5.74) is 5.00. The van der Waals surface area contributed by atoms with Gasteiger partial charge in [0.15, 0.2) is 5.72 Å². The molecule has 5 heteroatoms. The highest BCUT2D eigenvalue weighted by Gasteiger charge is 2.35. The highest BCUT2D eigenvalue weighted by Crippen LogP contribution is 2.28. The van der Waals surface area contributed by atoms with E-state index in [2.05, 4.69) is 4.74 Å². The highest BCUT2D eigenvalue weighted by molar-refractivity contribution is 5.60. The standard InChI is InChI=1S/C9H17NO4/c1-12-7-3-5-9(10,6-4-7)14-8(11)13-2/h7H,3-6,10H2,1-2H3. The molecule has 2 N–H and O–H groups in total. The molecule has 82 valence electrons. The minimum absolute atomic E-state index is 0.230. The first kappa shape index (κ1) is 11.3. The fourth-order valence-corrected chi connectivity index (χ4v) is 1.63. The Morgan fingerprint density at radius 3 is 2.36 bits per heavy atom. The van der Waals surface area contributed by atoms with Gasteiger partial charge in [-0.2, -0.15) is 0 Å². The number of hydrogen-bond donors (Lipinski definition) is 1. The first-order chi connectivity index (χ1) is 6.59. The molecule has 0 aromatic carbocycles. The quantitative estimate of drug-likeness (QED) is 0.535. The summed E-state index contributed by atoms with van der Waals surface area (Å²) in [4.78, 5) is 10.9. The zero-order valence-corrected chi connectivity index (χ0v) is 8.62. The summed E-state index contributed by atoms with van der Waals surface area (Å²) in [6, 6.07) is 0. The molecule has 5 nitrogen and oxygen atoms in total. The fourth-order valence-electron chi connectivity index (χ4n) is 1.63. The normalized spacial score (nSPS) is 32.4. The zero-order valence-electron chi connectivity index (χ0n) is 8.62. The van der Waals surface area contributed by atoms with Crippen molar-refractivity contribution in [3.8, 4) is 0 Å². The van der Waals surface area contributed by atoms with E-state index in [4.69, 9.17) is 15.2 Å². The lowest BCUT2D eigenvalue weighted by Crippen LogP contribution is -2.48. The van der Waals surface area contributed by atoms with Gasteiger partial charge in [-0.3, -0.25) is 5.73 Å². The molecule has 0 radical (unpaired) electrons. The third-order valence-electron chi connectivity index (χ3n) is 2.57. The summed E-state index contributed by atoms with van der Waals surface area (Å²) in [5.74, 6) is 0. The van der Waals surface area contributed by atoms with E-state index < -0.39 is 11.9 Å². The summed E-state index contributed by atoms with van der Waals surface area (Å²) in [7, 11) is 2.95. The molecule has 0 atom stereocenters. The number of hydrogen-bond acceptors (Lipinski definition) is 5. The van der Waals surface area contributed by atoms with Crippen LogP contribution in [0.1, 0.15) is 25.7 Å². The number of nitrogens with two attached hydrogens (primary N) is 1. The minimum atomic E-state index is -0.873. The molecule has 0 amide bonds. The molecule has 0 aliphatic heterocycles. The molecule has 0 aromatic rings. The lowest BCUT2D eigenvalue weighted by Gasteiger charge is -2.35. The van der Waals surface area contributed by atoms with Gasteiger partial charge in [0.05, 0.1) is 13.2 Å². The predicted molar refractivity (Wildman–Crippen MR) is 49.7 cm³/mol. The van der Waals surface area contributed by atoms with E-state index in [0.29, 0.717) is 12.8 Å². The average Bonchev–Trinajstić information content (AvgIpc) is 2.18. The van der Waals surface area contributed by atoms with Gasteiger partial charge in [-0.25, -0.2) is 4.79 Å². The molecule has 1 rings (SSSR count). The molecule has 0 heterocycles. The average molecular weight is 203 g/mol. The molecule has 1 fully saturated rings. The Balaban J connectivity index is 2.41. The van der Waals surface area contributed by atoms with Crippen LogP contribution in [0, 0.1) is 0 Å². The topological polar surface area (TPSA) is 70.8 Å². The lowest BCUT2D eigenvalue weighted by molar-refractivity contribution is -0.0700. The Bertz CT molecular complexity index is 199. The number of carbonyl (C=O) groups excluding carboxylic acids is 1. The first-order valence-electron chi connectivity index (χ1n) is 4.68. The van der Waals surface area contributed by atoms with E-state index in [1.54, 1.807) is 7.11 Å². The first-order valence-corrected chi connectivity index (χ1v) is 4.68. The van der Waals surface area contributed by atoms with Crippen LogP contribution < -0.4 is 5.73 Å². The van der Waals surface area contributed by atoms with Crippen molar-refractivity contribution in [2.24, 2.45) is 5.73 Å². The van der Waals surface area contributed by atoms with Gasteiger partial charge in [0.2, 0.25) is 0 Å². The summed E-state index contributed by atoms with van der Waals surface area (Å²) in [6.45, 7) is 0. The number of methoxy groups -OCH3 is 2. The van der Waals surface area contributed by atoms with Crippen molar-refractivity contribution in [1.29, 1.82) is 0 Å². The van der Waals surface area contributed by atoms with Crippen molar-refractivity contribution >= 4 is 6.16 Å². The Hall–Kier alpha value is -0.810. The van der Waals surface area contributed by atoms with Crippen molar-refractivity contribution in [2.45, 2.75) is 37.5 Å². The van der Waals surface area contributed by atoms with Crippen molar-refractivity contribution in [2.75, 3.05) is 14.2 Å². The molecule has 0 bridgehead atoms. The van der Waals surface area contributed by atoms with Gasteiger partial charge >= 0.3 is 6.16 Å². The molecule has 0 unspecified atom stereocenters. The molecule has 0 saturated heterocycles. The van der Waals surface area contributed by atoms with Crippen LogP contribution in [0.3, 0.4) is 0 Å². The van der Waals surface area contributed by atoms with E-state index in [1.165, 1.54) is 7.11 Å². The fraction of sp³-hybridized carbons (Fsp3) is 0.889.